The Labute approximate surface area is 75.0 Å². The summed E-state index contributed by atoms with van der Waals surface area (Å²) in [4.78, 5) is -0.299. The van der Waals surface area contributed by atoms with Crippen molar-refractivity contribution in [3.05, 3.63) is 24.0 Å². The van der Waals surface area contributed by atoms with Crippen LogP contribution in [0.3, 0.4) is 0 Å². The summed E-state index contributed by atoms with van der Waals surface area (Å²) in [6.07, 6.45) is 0. The van der Waals surface area contributed by atoms with Crippen LogP contribution in [-0.2, 0) is 10.8 Å². The summed E-state index contributed by atoms with van der Waals surface area (Å²) in [6, 6.07) is 2.80. The quantitative estimate of drug-likeness (QED) is 0.754. The molecule has 0 spiro atoms. The number of nitrogen functional groups attached to an aromatic ring is 1. The first-order valence-corrected chi connectivity index (χ1v) is 4.47. The molecule has 0 heterocycles. The maximum Gasteiger partial charge on any atom is 0.316 e. The van der Waals surface area contributed by atoms with Crippen molar-refractivity contribution in [3.8, 4) is 0 Å². The molecule has 1 aromatic rings. The van der Waals surface area contributed by atoms with Crippen molar-refractivity contribution in [1.82, 2.24) is 0 Å². The van der Waals surface area contributed by atoms with Crippen molar-refractivity contribution in [1.29, 1.82) is 0 Å². The van der Waals surface area contributed by atoms with E-state index in [0.717, 1.165) is 18.2 Å². The standard InChI is InChI=1S/C7H6F3NOS/c8-4-1-5(11)3-6(2-4)13(12)7(9)10/h1-3,7H,11H2. The van der Waals surface area contributed by atoms with E-state index in [1.165, 1.54) is 0 Å². The van der Waals surface area contributed by atoms with E-state index in [1.54, 1.807) is 0 Å². The van der Waals surface area contributed by atoms with Gasteiger partial charge in [0.05, 0.1) is 0 Å². The molecule has 6 heteroatoms. The molecule has 0 saturated carbocycles. The molecule has 13 heavy (non-hydrogen) atoms. The van der Waals surface area contributed by atoms with E-state index in [-0.39, 0.29) is 10.6 Å². The van der Waals surface area contributed by atoms with Crippen LogP contribution in [-0.4, -0.2) is 9.97 Å². The van der Waals surface area contributed by atoms with E-state index in [9.17, 15) is 17.4 Å². The molecule has 2 N–H and O–H groups in total. The second kappa shape index (κ2) is 3.78. The first-order valence-electron chi connectivity index (χ1n) is 3.25. The number of nitrogens with two attached hydrogens (primary N) is 1. The maximum absolute atomic E-state index is 12.6. The molecule has 0 aliphatic carbocycles. The van der Waals surface area contributed by atoms with E-state index in [0.29, 0.717) is 0 Å². The second-order valence-electron chi connectivity index (χ2n) is 2.28. The minimum absolute atomic E-state index is 0.0241. The topological polar surface area (TPSA) is 43.1 Å². The normalized spacial score (nSPS) is 13.2. The molecule has 0 saturated heterocycles. The molecule has 0 bridgehead atoms. The zero-order valence-electron chi connectivity index (χ0n) is 6.34. The fraction of sp³-hybridized carbons (Fsp3) is 0.143. The second-order valence-corrected chi connectivity index (χ2v) is 3.70. The van der Waals surface area contributed by atoms with Crippen LogP contribution < -0.4 is 5.73 Å². The first kappa shape index (κ1) is 10.0. The molecule has 0 fully saturated rings. The van der Waals surface area contributed by atoms with Gasteiger partial charge in [0.2, 0.25) is 0 Å². The highest BCUT2D eigenvalue weighted by molar-refractivity contribution is 7.85. The summed E-state index contributed by atoms with van der Waals surface area (Å²) in [7, 11) is -2.51. The monoisotopic (exact) mass is 209 g/mol. The first-order chi connectivity index (χ1) is 6.00. The van der Waals surface area contributed by atoms with Crippen LogP contribution in [0.15, 0.2) is 23.1 Å². The highest BCUT2D eigenvalue weighted by Crippen LogP contribution is 2.18. The van der Waals surface area contributed by atoms with Crippen molar-refractivity contribution < 1.29 is 17.4 Å². The number of alkyl halides is 2. The van der Waals surface area contributed by atoms with Crippen molar-refractivity contribution in [2.24, 2.45) is 0 Å². The van der Waals surface area contributed by atoms with Gasteiger partial charge in [-0.05, 0) is 18.2 Å². The molecule has 0 aromatic heterocycles. The smallest absolute Gasteiger partial charge is 0.316 e. The Bertz CT molecular complexity index is 322. The Kier molecular flexibility index (Phi) is 2.92. The molecule has 1 rings (SSSR count). The highest BCUT2D eigenvalue weighted by atomic mass is 32.2. The number of hydrogen-bond acceptors (Lipinski definition) is 2. The lowest BCUT2D eigenvalue weighted by Gasteiger charge is -2.01. The van der Waals surface area contributed by atoms with E-state index in [1.807, 2.05) is 0 Å². The molecule has 0 amide bonds. The number of anilines is 1. The van der Waals surface area contributed by atoms with Crippen molar-refractivity contribution >= 4 is 16.5 Å². The molecular formula is C7H6F3NOS. The summed E-state index contributed by atoms with van der Waals surface area (Å²) in [6.45, 7) is 0. The number of rotatable bonds is 2. The third-order valence-electron chi connectivity index (χ3n) is 1.29. The van der Waals surface area contributed by atoms with Crippen LogP contribution >= 0.6 is 0 Å². The van der Waals surface area contributed by atoms with Gasteiger partial charge >= 0.3 is 5.76 Å². The van der Waals surface area contributed by atoms with Gasteiger partial charge in [0.1, 0.15) is 16.6 Å². The largest absolute Gasteiger partial charge is 0.399 e. The van der Waals surface area contributed by atoms with Gasteiger partial charge in [-0.25, -0.2) is 8.60 Å². The van der Waals surface area contributed by atoms with Gasteiger partial charge in [0, 0.05) is 10.6 Å². The van der Waals surface area contributed by atoms with Crippen LogP contribution in [0.5, 0.6) is 0 Å². The number of hydrogen-bond donors (Lipinski definition) is 1. The Balaban J connectivity index is 3.08. The third-order valence-corrected chi connectivity index (χ3v) is 2.31. The Morgan fingerprint density at radius 3 is 2.38 bits per heavy atom. The molecule has 1 aromatic carbocycles. The summed E-state index contributed by atoms with van der Waals surface area (Å²) in [5.41, 5.74) is 5.15. The lowest BCUT2D eigenvalue weighted by molar-refractivity contribution is 0.244. The zero-order valence-corrected chi connectivity index (χ0v) is 7.15. The van der Waals surface area contributed by atoms with Gasteiger partial charge < -0.3 is 5.73 Å². The van der Waals surface area contributed by atoms with Crippen LogP contribution in [0, 0.1) is 5.82 Å². The van der Waals surface area contributed by atoms with Crippen LogP contribution in [0.1, 0.15) is 0 Å². The Hall–Kier alpha value is -1.04. The van der Waals surface area contributed by atoms with Gasteiger partial charge in [0.25, 0.3) is 0 Å². The van der Waals surface area contributed by atoms with Crippen molar-refractivity contribution in [2.75, 3.05) is 5.73 Å². The average Bonchev–Trinajstić information content (AvgIpc) is 2.01. The van der Waals surface area contributed by atoms with E-state index in [2.05, 4.69) is 0 Å². The minimum atomic E-state index is -3.03. The third kappa shape index (κ3) is 2.45. The molecular weight excluding hydrogens is 203 g/mol. The fourth-order valence-electron chi connectivity index (χ4n) is 0.803. The van der Waals surface area contributed by atoms with Gasteiger partial charge in [-0.3, -0.25) is 0 Å². The lowest BCUT2D eigenvalue weighted by atomic mass is 10.3. The van der Waals surface area contributed by atoms with E-state index >= 15 is 0 Å². The van der Waals surface area contributed by atoms with E-state index < -0.39 is 22.4 Å². The van der Waals surface area contributed by atoms with Crippen LogP contribution in [0.2, 0.25) is 0 Å². The molecule has 2 nitrogen and oxygen atoms in total. The lowest BCUT2D eigenvalue weighted by Crippen LogP contribution is -2.03. The molecule has 0 radical (unpaired) electrons. The Morgan fingerprint density at radius 1 is 1.31 bits per heavy atom. The summed E-state index contributed by atoms with van der Waals surface area (Å²) in [5, 5.41) is 0. The van der Waals surface area contributed by atoms with Gasteiger partial charge in [0.15, 0.2) is 0 Å². The fourth-order valence-corrected chi connectivity index (χ4v) is 1.49. The molecule has 0 aliphatic rings. The van der Waals surface area contributed by atoms with Gasteiger partial charge in [-0.15, -0.1) is 0 Å². The average molecular weight is 209 g/mol. The zero-order chi connectivity index (χ0) is 10.0. The number of halogens is 3. The molecule has 72 valence electrons. The summed E-state index contributed by atoms with van der Waals surface area (Å²) in [5.74, 6) is -3.80. The summed E-state index contributed by atoms with van der Waals surface area (Å²) < 4.78 is 47.2. The molecule has 1 unspecified atom stereocenters. The highest BCUT2D eigenvalue weighted by Gasteiger charge is 2.16. The van der Waals surface area contributed by atoms with Gasteiger partial charge in [-0.1, -0.05) is 0 Å². The predicted molar refractivity (Wildman–Crippen MR) is 43.2 cm³/mol. The SMILES string of the molecule is Nc1cc(F)cc(S(=O)C(F)F)c1. The summed E-state index contributed by atoms with van der Waals surface area (Å²) >= 11 is 0. The predicted octanol–water partition coefficient (Wildman–Crippen LogP) is 1.74. The van der Waals surface area contributed by atoms with Gasteiger partial charge in [-0.2, -0.15) is 8.78 Å². The maximum atomic E-state index is 12.6. The van der Waals surface area contributed by atoms with Crippen LogP contribution in [0.25, 0.3) is 0 Å². The molecule has 1 atom stereocenters. The van der Waals surface area contributed by atoms with Crippen molar-refractivity contribution in [2.45, 2.75) is 10.7 Å². The molecule has 0 aliphatic heterocycles. The Morgan fingerprint density at radius 2 is 1.92 bits per heavy atom. The minimum Gasteiger partial charge on any atom is -0.399 e. The van der Waals surface area contributed by atoms with Crippen LogP contribution in [0.4, 0.5) is 18.9 Å². The number of benzene rings is 1. The van der Waals surface area contributed by atoms with E-state index in [4.69, 9.17) is 5.73 Å². The van der Waals surface area contributed by atoms with Crippen molar-refractivity contribution in [3.63, 3.8) is 0 Å².